The van der Waals surface area contributed by atoms with E-state index in [1.54, 1.807) is 26.8 Å². The van der Waals surface area contributed by atoms with Crippen molar-refractivity contribution in [3.8, 4) is 0 Å². The standard InChI is InChI=1S/C14H18F3N3OS/c1-12(2,3)22(21)19-9-8-11(20-10(9)4-7-18-20)13(5-6-13)14(15,16)17/h4,7,11H,5-6,8H2,1-3H3. The maximum atomic E-state index is 13.4. The number of hydrogen-bond donors (Lipinski definition) is 0. The Morgan fingerprint density at radius 1 is 1.36 bits per heavy atom. The van der Waals surface area contributed by atoms with E-state index < -0.39 is 33.7 Å². The highest BCUT2D eigenvalue weighted by atomic mass is 32.2. The molecular formula is C14H18F3N3OS. The second-order valence-corrected chi connectivity index (χ2v) is 8.84. The minimum atomic E-state index is -4.25. The van der Waals surface area contributed by atoms with Crippen LogP contribution in [-0.4, -0.2) is 31.0 Å². The summed E-state index contributed by atoms with van der Waals surface area (Å²) in [5.41, 5.74) is -0.682. The minimum absolute atomic E-state index is 0.121. The molecule has 0 amide bonds. The monoisotopic (exact) mass is 333 g/mol. The van der Waals surface area contributed by atoms with Crippen molar-refractivity contribution in [3.63, 3.8) is 0 Å². The molecular weight excluding hydrogens is 315 g/mol. The molecule has 2 aliphatic rings. The van der Waals surface area contributed by atoms with Crippen molar-refractivity contribution in [1.29, 1.82) is 0 Å². The number of alkyl halides is 3. The molecule has 0 spiro atoms. The molecule has 122 valence electrons. The van der Waals surface area contributed by atoms with Gasteiger partial charge in [-0.3, -0.25) is 4.68 Å². The quantitative estimate of drug-likeness (QED) is 0.779. The molecule has 0 radical (unpaired) electrons. The van der Waals surface area contributed by atoms with Crippen LogP contribution in [0.3, 0.4) is 0 Å². The van der Waals surface area contributed by atoms with Crippen molar-refractivity contribution in [2.45, 2.75) is 57.0 Å². The fraction of sp³-hybridized carbons (Fsp3) is 0.714. The van der Waals surface area contributed by atoms with Crippen LogP contribution in [0.15, 0.2) is 16.7 Å². The summed E-state index contributed by atoms with van der Waals surface area (Å²) in [7, 11) is 0. The molecule has 1 saturated carbocycles. The van der Waals surface area contributed by atoms with E-state index in [2.05, 4.69) is 9.50 Å². The summed E-state index contributed by atoms with van der Waals surface area (Å²) in [6.07, 6.45) is -2.39. The number of fused-ring (bicyclic) bond motifs is 1. The summed E-state index contributed by atoms with van der Waals surface area (Å²) < 4.78 is 57.4. The smallest absolute Gasteiger partial charge is 0.396 e. The average molecular weight is 333 g/mol. The number of aromatic nitrogens is 2. The van der Waals surface area contributed by atoms with Gasteiger partial charge in [-0.1, -0.05) is 4.40 Å². The Kier molecular flexibility index (Phi) is 3.41. The SMILES string of the molecule is CC(C)(C)[S+]([O-])N=C1CC(C2(C(F)(F)F)CC2)n2nccc21. The van der Waals surface area contributed by atoms with E-state index in [0.29, 0.717) is 11.4 Å². The van der Waals surface area contributed by atoms with Gasteiger partial charge in [0.15, 0.2) is 0 Å². The first-order valence-corrected chi connectivity index (χ1v) is 8.27. The summed E-state index contributed by atoms with van der Waals surface area (Å²) in [6.45, 7) is 5.36. The molecule has 3 rings (SSSR count). The first-order valence-electron chi connectivity index (χ1n) is 7.16. The fourth-order valence-corrected chi connectivity index (χ4v) is 3.50. The second kappa shape index (κ2) is 4.74. The van der Waals surface area contributed by atoms with Crippen LogP contribution in [0.2, 0.25) is 0 Å². The van der Waals surface area contributed by atoms with E-state index in [4.69, 9.17) is 0 Å². The summed E-state index contributed by atoms with van der Waals surface area (Å²) in [4.78, 5) is 0. The number of hydrogen-bond acceptors (Lipinski definition) is 3. The van der Waals surface area contributed by atoms with Gasteiger partial charge in [-0.25, -0.2) is 0 Å². The number of halogens is 3. The highest BCUT2D eigenvalue weighted by Gasteiger charge is 2.69. The first kappa shape index (κ1) is 15.9. The van der Waals surface area contributed by atoms with Gasteiger partial charge in [-0.05, 0) is 39.7 Å². The first-order chi connectivity index (χ1) is 10.1. The number of nitrogens with zero attached hydrogens (tertiary/aromatic N) is 3. The Bertz CT molecular complexity index is 614. The van der Waals surface area contributed by atoms with E-state index in [9.17, 15) is 17.7 Å². The molecule has 1 aliphatic heterocycles. The van der Waals surface area contributed by atoms with Crippen LogP contribution in [0.1, 0.15) is 51.8 Å². The maximum Gasteiger partial charge on any atom is 0.396 e. The lowest BCUT2D eigenvalue weighted by molar-refractivity contribution is -0.199. The Balaban J connectivity index is 1.95. The van der Waals surface area contributed by atoms with Gasteiger partial charge in [0, 0.05) is 12.6 Å². The average Bonchev–Trinajstić information content (AvgIpc) is 2.92. The molecule has 0 N–H and O–H groups in total. The van der Waals surface area contributed by atoms with Crippen molar-refractivity contribution < 1.29 is 17.7 Å². The van der Waals surface area contributed by atoms with E-state index in [1.807, 2.05) is 0 Å². The topological polar surface area (TPSA) is 53.2 Å². The highest BCUT2D eigenvalue weighted by molar-refractivity contribution is 7.91. The van der Waals surface area contributed by atoms with Crippen LogP contribution in [0.25, 0.3) is 0 Å². The molecule has 1 aromatic heterocycles. The molecule has 0 aromatic carbocycles. The van der Waals surface area contributed by atoms with Gasteiger partial charge in [0.2, 0.25) is 0 Å². The Hall–Kier alpha value is -1.02. The van der Waals surface area contributed by atoms with Crippen LogP contribution in [0.4, 0.5) is 13.2 Å². The zero-order chi connectivity index (χ0) is 16.3. The Morgan fingerprint density at radius 2 is 2.00 bits per heavy atom. The van der Waals surface area contributed by atoms with E-state index in [0.717, 1.165) is 0 Å². The largest absolute Gasteiger partial charge is 0.591 e. The lowest BCUT2D eigenvalue weighted by atomic mass is 9.93. The molecule has 0 bridgehead atoms. The Labute approximate surface area is 130 Å². The third kappa shape index (κ3) is 2.36. The van der Waals surface area contributed by atoms with Gasteiger partial charge < -0.3 is 4.55 Å². The number of rotatable bonds is 2. The molecule has 1 aliphatic carbocycles. The van der Waals surface area contributed by atoms with Crippen LogP contribution in [0.5, 0.6) is 0 Å². The molecule has 1 fully saturated rings. The molecule has 4 nitrogen and oxygen atoms in total. The van der Waals surface area contributed by atoms with Crippen molar-refractivity contribution in [2.75, 3.05) is 0 Å². The van der Waals surface area contributed by atoms with Crippen molar-refractivity contribution in [1.82, 2.24) is 9.78 Å². The van der Waals surface area contributed by atoms with Crippen molar-refractivity contribution >= 4 is 17.1 Å². The Morgan fingerprint density at radius 3 is 2.50 bits per heavy atom. The third-order valence-electron chi connectivity index (χ3n) is 4.36. The minimum Gasteiger partial charge on any atom is -0.591 e. The molecule has 2 heterocycles. The van der Waals surface area contributed by atoms with Crippen molar-refractivity contribution in [3.05, 3.63) is 18.0 Å². The van der Waals surface area contributed by atoms with E-state index >= 15 is 0 Å². The maximum absolute atomic E-state index is 13.4. The van der Waals surface area contributed by atoms with Gasteiger partial charge in [-0.2, -0.15) is 18.3 Å². The fourth-order valence-electron chi connectivity index (χ4n) is 2.86. The van der Waals surface area contributed by atoms with Gasteiger partial charge >= 0.3 is 6.18 Å². The van der Waals surface area contributed by atoms with E-state index in [1.165, 1.54) is 10.9 Å². The molecule has 1 aromatic rings. The second-order valence-electron chi connectivity index (χ2n) is 6.93. The lowest BCUT2D eigenvalue weighted by Gasteiger charge is -2.26. The zero-order valence-corrected chi connectivity index (χ0v) is 13.5. The van der Waals surface area contributed by atoms with Gasteiger partial charge in [0.05, 0.1) is 17.2 Å². The van der Waals surface area contributed by atoms with Gasteiger partial charge in [0.25, 0.3) is 0 Å². The summed E-state index contributed by atoms with van der Waals surface area (Å²) in [6, 6.07) is 0.874. The predicted molar refractivity (Wildman–Crippen MR) is 78.0 cm³/mol. The lowest BCUT2D eigenvalue weighted by Crippen LogP contribution is -2.33. The summed E-state index contributed by atoms with van der Waals surface area (Å²) in [5, 5.41) is 4.05. The zero-order valence-electron chi connectivity index (χ0n) is 12.6. The normalized spacial score (nSPS) is 27.0. The van der Waals surface area contributed by atoms with E-state index in [-0.39, 0.29) is 19.3 Å². The third-order valence-corrected chi connectivity index (χ3v) is 5.79. The molecule has 8 heteroatoms. The van der Waals surface area contributed by atoms with Crippen LogP contribution in [0, 0.1) is 5.41 Å². The molecule has 2 unspecified atom stereocenters. The molecule has 0 saturated heterocycles. The van der Waals surface area contributed by atoms with Crippen LogP contribution < -0.4 is 0 Å². The summed E-state index contributed by atoms with van der Waals surface area (Å²) in [5.74, 6) is 0. The van der Waals surface area contributed by atoms with Gasteiger partial charge in [0.1, 0.15) is 21.8 Å². The summed E-state index contributed by atoms with van der Waals surface area (Å²) >= 11 is -1.50. The molecule has 22 heavy (non-hydrogen) atoms. The van der Waals surface area contributed by atoms with Crippen LogP contribution in [-0.2, 0) is 11.4 Å². The van der Waals surface area contributed by atoms with Crippen LogP contribution >= 0.6 is 0 Å². The highest BCUT2D eigenvalue weighted by Crippen LogP contribution is 2.65. The van der Waals surface area contributed by atoms with Gasteiger partial charge in [-0.15, -0.1) is 0 Å². The predicted octanol–water partition coefficient (Wildman–Crippen LogP) is 3.42. The van der Waals surface area contributed by atoms with Crippen molar-refractivity contribution in [2.24, 2.45) is 9.81 Å². The molecule has 2 atom stereocenters.